The monoisotopic (exact) mass is 232 g/mol. The van der Waals surface area contributed by atoms with Crippen molar-refractivity contribution in [1.82, 2.24) is 0 Å². The lowest BCUT2D eigenvalue weighted by molar-refractivity contribution is -0.153. The number of ether oxygens (including phenoxy) is 3. The van der Waals surface area contributed by atoms with E-state index >= 15 is 0 Å². The number of methoxy groups -OCH3 is 2. The van der Waals surface area contributed by atoms with Crippen molar-refractivity contribution in [2.24, 2.45) is 0 Å². The highest BCUT2D eigenvalue weighted by molar-refractivity contribution is 5.57. The van der Waals surface area contributed by atoms with Gasteiger partial charge in [-0.3, -0.25) is 0 Å². The molecule has 94 valence electrons. The van der Waals surface area contributed by atoms with Gasteiger partial charge in [-0.15, -0.1) is 6.58 Å². The standard InChI is InChI=1S/C11H20O5/c1-5-6-16-11(9(7-12)14-3)10(15-4)8(2)13/h5,7-11,13H,1,6H2,2-4H3/t8-,9-,10-,11-/m0/s1. The van der Waals surface area contributed by atoms with Gasteiger partial charge in [0.2, 0.25) is 0 Å². The zero-order chi connectivity index (χ0) is 12.6. The second-order valence-corrected chi connectivity index (χ2v) is 3.36. The van der Waals surface area contributed by atoms with Crippen LogP contribution in [0.4, 0.5) is 0 Å². The Labute approximate surface area is 96.0 Å². The SMILES string of the molecule is C=CCO[C@H]([C@@H](OC)[C@H](C)O)[C@H](C=O)OC. The number of hydrogen-bond donors (Lipinski definition) is 1. The molecule has 0 rings (SSSR count). The number of rotatable bonds is 9. The fraction of sp³-hybridized carbons (Fsp3) is 0.727. The molecule has 0 aliphatic heterocycles. The van der Waals surface area contributed by atoms with Crippen molar-refractivity contribution in [3.8, 4) is 0 Å². The zero-order valence-electron chi connectivity index (χ0n) is 9.96. The van der Waals surface area contributed by atoms with Gasteiger partial charge in [-0.25, -0.2) is 0 Å². The van der Waals surface area contributed by atoms with Crippen LogP contribution in [0.1, 0.15) is 6.92 Å². The Morgan fingerprint density at radius 1 is 1.31 bits per heavy atom. The molecule has 0 aromatic carbocycles. The normalized spacial score (nSPS) is 18.5. The third-order valence-corrected chi connectivity index (χ3v) is 2.21. The molecular formula is C11H20O5. The van der Waals surface area contributed by atoms with Crippen LogP contribution in [0.2, 0.25) is 0 Å². The minimum Gasteiger partial charge on any atom is -0.391 e. The summed E-state index contributed by atoms with van der Waals surface area (Å²) in [4.78, 5) is 10.8. The van der Waals surface area contributed by atoms with Crippen LogP contribution in [-0.2, 0) is 19.0 Å². The van der Waals surface area contributed by atoms with Gasteiger partial charge in [0.05, 0.1) is 12.7 Å². The molecule has 0 aromatic heterocycles. The molecule has 0 amide bonds. The number of aldehydes is 1. The van der Waals surface area contributed by atoms with E-state index in [2.05, 4.69) is 6.58 Å². The predicted octanol–water partition coefficient (Wildman–Crippen LogP) is 0.167. The first-order valence-corrected chi connectivity index (χ1v) is 5.03. The number of carbonyl (C=O) groups is 1. The highest BCUT2D eigenvalue weighted by Crippen LogP contribution is 2.13. The first kappa shape index (κ1) is 15.2. The largest absolute Gasteiger partial charge is 0.391 e. The van der Waals surface area contributed by atoms with E-state index < -0.39 is 24.4 Å². The molecule has 0 heterocycles. The topological polar surface area (TPSA) is 65.0 Å². The molecule has 1 N–H and O–H groups in total. The quantitative estimate of drug-likeness (QED) is 0.453. The highest BCUT2D eigenvalue weighted by Gasteiger charge is 2.33. The Morgan fingerprint density at radius 3 is 2.25 bits per heavy atom. The second kappa shape index (κ2) is 8.41. The van der Waals surface area contributed by atoms with Gasteiger partial charge in [0.15, 0.2) is 6.29 Å². The summed E-state index contributed by atoms with van der Waals surface area (Å²) >= 11 is 0. The summed E-state index contributed by atoms with van der Waals surface area (Å²) in [6.45, 7) is 5.34. The number of aliphatic hydroxyl groups is 1. The molecular weight excluding hydrogens is 212 g/mol. The van der Waals surface area contributed by atoms with Crippen LogP contribution in [-0.4, -0.2) is 56.6 Å². The molecule has 0 saturated heterocycles. The predicted molar refractivity (Wildman–Crippen MR) is 59.3 cm³/mol. The van der Waals surface area contributed by atoms with E-state index in [0.717, 1.165) is 0 Å². The van der Waals surface area contributed by atoms with Crippen molar-refractivity contribution in [2.75, 3.05) is 20.8 Å². The van der Waals surface area contributed by atoms with Crippen LogP contribution in [0.5, 0.6) is 0 Å². The summed E-state index contributed by atoms with van der Waals surface area (Å²) in [5.41, 5.74) is 0. The second-order valence-electron chi connectivity index (χ2n) is 3.36. The van der Waals surface area contributed by atoms with Crippen molar-refractivity contribution in [3.05, 3.63) is 12.7 Å². The Kier molecular flexibility index (Phi) is 8.01. The van der Waals surface area contributed by atoms with E-state index in [1.807, 2.05) is 0 Å². The molecule has 0 radical (unpaired) electrons. The summed E-state index contributed by atoms with van der Waals surface area (Å²) in [7, 11) is 2.84. The Balaban J connectivity index is 4.72. The highest BCUT2D eigenvalue weighted by atomic mass is 16.6. The molecule has 0 bridgehead atoms. The Hall–Kier alpha value is -0.750. The third kappa shape index (κ3) is 4.40. The average Bonchev–Trinajstić information content (AvgIpc) is 2.27. The summed E-state index contributed by atoms with van der Waals surface area (Å²) in [5.74, 6) is 0. The summed E-state index contributed by atoms with van der Waals surface area (Å²) in [5, 5.41) is 9.52. The van der Waals surface area contributed by atoms with Gasteiger partial charge in [-0.05, 0) is 6.92 Å². The fourth-order valence-corrected chi connectivity index (χ4v) is 1.43. The Morgan fingerprint density at radius 2 is 1.94 bits per heavy atom. The molecule has 5 heteroatoms. The van der Waals surface area contributed by atoms with Crippen molar-refractivity contribution in [1.29, 1.82) is 0 Å². The zero-order valence-corrected chi connectivity index (χ0v) is 9.96. The maximum Gasteiger partial charge on any atom is 0.151 e. The maximum absolute atomic E-state index is 10.8. The van der Waals surface area contributed by atoms with Gasteiger partial charge >= 0.3 is 0 Å². The Bertz CT molecular complexity index is 205. The van der Waals surface area contributed by atoms with Crippen LogP contribution in [0, 0.1) is 0 Å². The lowest BCUT2D eigenvalue weighted by Crippen LogP contribution is -2.47. The first-order chi connectivity index (χ1) is 7.62. The molecule has 0 unspecified atom stereocenters. The van der Waals surface area contributed by atoms with Crippen molar-refractivity contribution < 1.29 is 24.1 Å². The lowest BCUT2D eigenvalue weighted by atomic mass is 10.0. The third-order valence-electron chi connectivity index (χ3n) is 2.21. The number of hydrogen-bond acceptors (Lipinski definition) is 5. The molecule has 0 aromatic rings. The molecule has 0 aliphatic carbocycles. The van der Waals surface area contributed by atoms with E-state index in [0.29, 0.717) is 6.29 Å². The average molecular weight is 232 g/mol. The minimum absolute atomic E-state index is 0.255. The van der Waals surface area contributed by atoms with Gasteiger partial charge in [0, 0.05) is 14.2 Å². The van der Waals surface area contributed by atoms with Gasteiger partial charge in [-0.1, -0.05) is 6.08 Å². The molecule has 0 aliphatic rings. The number of carbonyl (C=O) groups excluding carboxylic acids is 1. The summed E-state index contributed by atoms with van der Waals surface area (Å²) < 4.78 is 15.5. The van der Waals surface area contributed by atoms with E-state index in [9.17, 15) is 9.90 Å². The molecule has 5 nitrogen and oxygen atoms in total. The van der Waals surface area contributed by atoms with E-state index in [1.165, 1.54) is 14.2 Å². The van der Waals surface area contributed by atoms with Crippen molar-refractivity contribution in [3.63, 3.8) is 0 Å². The molecule has 0 spiro atoms. The van der Waals surface area contributed by atoms with E-state index in [1.54, 1.807) is 13.0 Å². The lowest BCUT2D eigenvalue weighted by Gasteiger charge is -2.30. The van der Waals surface area contributed by atoms with Crippen LogP contribution in [0.25, 0.3) is 0 Å². The maximum atomic E-state index is 10.8. The molecule has 4 atom stereocenters. The molecule has 0 fully saturated rings. The van der Waals surface area contributed by atoms with Gasteiger partial charge in [-0.2, -0.15) is 0 Å². The van der Waals surface area contributed by atoms with Crippen LogP contribution in [0.15, 0.2) is 12.7 Å². The summed E-state index contributed by atoms with van der Waals surface area (Å²) in [6, 6.07) is 0. The number of aliphatic hydroxyl groups excluding tert-OH is 1. The van der Waals surface area contributed by atoms with Crippen LogP contribution in [0.3, 0.4) is 0 Å². The van der Waals surface area contributed by atoms with E-state index in [4.69, 9.17) is 14.2 Å². The van der Waals surface area contributed by atoms with Crippen LogP contribution < -0.4 is 0 Å². The fourth-order valence-electron chi connectivity index (χ4n) is 1.43. The first-order valence-electron chi connectivity index (χ1n) is 5.03. The van der Waals surface area contributed by atoms with Gasteiger partial charge in [0.1, 0.15) is 18.3 Å². The molecule has 16 heavy (non-hydrogen) atoms. The van der Waals surface area contributed by atoms with Gasteiger partial charge in [0.25, 0.3) is 0 Å². The smallest absolute Gasteiger partial charge is 0.151 e. The van der Waals surface area contributed by atoms with Crippen LogP contribution >= 0.6 is 0 Å². The van der Waals surface area contributed by atoms with Crippen molar-refractivity contribution in [2.45, 2.75) is 31.3 Å². The van der Waals surface area contributed by atoms with Crippen molar-refractivity contribution >= 4 is 6.29 Å². The van der Waals surface area contributed by atoms with Gasteiger partial charge < -0.3 is 24.1 Å². The van der Waals surface area contributed by atoms with E-state index in [-0.39, 0.29) is 6.61 Å². The molecule has 0 saturated carbocycles. The minimum atomic E-state index is -0.778. The summed E-state index contributed by atoms with van der Waals surface area (Å²) in [6.07, 6.45) is -0.654.